The third-order valence-corrected chi connectivity index (χ3v) is 4.37. The molecule has 0 aliphatic carbocycles. The third kappa shape index (κ3) is 2.81. The van der Waals surface area contributed by atoms with Crippen molar-refractivity contribution in [3.8, 4) is 0 Å². The van der Waals surface area contributed by atoms with Gasteiger partial charge in [0.05, 0.1) is 0 Å². The highest BCUT2D eigenvalue weighted by Gasteiger charge is 2.26. The van der Waals surface area contributed by atoms with Gasteiger partial charge in [0.25, 0.3) is 10.9 Å². The molecular formula is C15H15N5O3S. The average molecular weight is 345 g/mol. The van der Waals surface area contributed by atoms with Gasteiger partial charge in [-0.15, -0.1) is 0 Å². The number of imidazole rings is 1. The van der Waals surface area contributed by atoms with Gasteiger partial charge in [-0.05, 0) is 22.6 Å². The van der Waals surface area contributed by atoms with E-state index in [1.807, 2.05) is 12.1 Å². The second-order valence-electron chi connectivity index (χ2n) is 5.20. The van der Waals surface area contributed by atoms with Gasteiger partial charge in [0.1, 0.15) is 6.20 Å². The molecule has 0 aliphatic rings. The van der Waals surface area contributed by atoms with Crippen LogP contribution in [-0.2, 0) is 6.54 Å². The van der Waals surface area contributed by atoms with E-state index in [4.69, 9.17) is 0 Å². The topological polar surface area (TPSA) is 92.8 Å². The number of benzene rings is 1. The second kappa shape index (κ2) is 6.28. The van der Waals surface area contributed by atoms with Gasteiger partial charge in [-0.3, -0.25) is 4.79 Å². The first-order chi connectivity index (χ1) is 11.5. The Balaban J connectivity index is 1.86. The van der Waals surface area contributed by atoms with Crippen LogP contribution in [0.25, 0.3) is 4.96 Å². The molecule has 24 heavy (non-hydrogen) atoms. The second-order valence-corrected chi connectivity index (χ2v) is 6.08. The lowest BCUT2D eigenvalue weighted by Gasteiger charge is -2.16. The zero-order valence-corrected chi connectivity index (χ0v) is 13.9. The largest absolute Gasteiger partial charge is 0.373 e. The summed E-state index contributed by atoms with van der Waals surface area (Å²) in [6.07, 6.45) is 1.64. The van der Waals surface area contributed by atoms with E-state index in [-0.39, 0.29) is 11.7 Å². The number of anilines is 1. The SMILES string of the molecule is CNC(=O)c1ccc(CN(C)c2nc3sccn3c2[N+](=O)[O-])cc1. The molecule has 0 unspecified atom stereocenters. The van der Waals surface area contributed by atoms with Crippen LogP contribution in [0.4, 0.5) is 11.6 Å². The number of hydrogen-bond acceptors (Lipinski definition) is 6. The van der Waals surface area contributed by atoms with E-state index < -0.39 is 4.92 Å². The van der Waals surface area contributed by atoms with Crippen LogP contribution in [0.1, 0.15) is 15.9 Å². The van der Waals surface area contributed by atoms with Crippen LogP contribution in [0.3, 0.4) is 0 Å². The maximum Gasteiger partial charge on any atom is 0.373 e. The minimum atomic E-state index is -0.423. The highest BCUT2D eigenvalue weighted by atomic mass is 32.1. The van der Waals surface area contributed by atoms with Gasteiger partial charge in [-0.1, -0.05) is 23.5 Å². The summed E-state index contributed by atoms with van der Waals surface area (Å²) >= 11 is 1.35. The van der Waals surface area contributed by atoms with E-state index in [1.165, 1.54) is 15.7 Å². The average Bonchev–Trinajstić information content (AvgIpc) is 3.15. The molecular weight excluding hydrogens is 330 g/mol. The number of rotatable bonds is 5. The van der Waals surface area contributed by atoms with Crippen LogP contribution >= 0.6 is 11.3 Å². The van der Waals surface area contributed by atoms with Crippen molar-refractivity contribution in [1.29, 1.82) is 0 Å². The van der Waals surface area contributed by atoms with Crippen molar-refractivity contribution in [2.24, 2.45) is 0 Å². The fraction of sp³-hybridized carbons (Fsp3) is 0.200. The van der Waals surface area contributed by atoms with Gasteiger partial charge < -0.3 is 20.3 Å². The molecule has 9 heteroatoms. The standard InChI is InChI=1S/C15H15N5O3S/c1-16-13(21)11-5-3-10(4-6-11)9-18(2)12-14(20(22)23)19-7-8-24-15(19)17-12/h3-8H,9H2,1-2H3,(H,16,21). The molecule has 1 aromatic carbocycles. The van der Waals surface area contributed by atoms with Crippen molar-refractivity contribution in [1.82, 2.24) is 14.7 Å². The van der Waals surface area contributed by atoms with E-state index in [2.05, 4.69) is 10.3 Å². The van der Waals surface area contributed by atoms with Gasteiger partial charge in [0, 0.05) is 31.6 Å². The lowest BCUT2D eigenvalue weighted by atomic mass is 10.1. The minimum absolute atomic E-state index is 0.0456. The smallest absolute Gasteiger partial charge is 0.358 e. The van der Waals surface area contributed by atoms with Crippen molar-refractivity contribution in [3.05, 3.63) is 57.1 Å². The first-order valence-electron chi connectivity index (χ1n) is 7.13. The summed E-state index contributed by atoms with van der Waals surface area (Å²) in [7, 11) is 3.33. The van der Waals surface area contributed by atoms with Crippen molar-refractivity contribution in [2.75, 3.05) is 19.0 Å². The van der Waals surface area contributed by atoms with Crippen molar-refractivity contribution < 1.29 is 9.72 Å². The maximum atomic E-state index is 11.5. The Morgan fingerprint density at radius 3 is 2.75 bits per heavy atom. The van der Waals surface area contributed by atoms with Crippen LogP contribution in [-0.4, -0.2) is 34.3 Å². The molecule has 8 nitrogen and oxygen atoms in total. The Bertz CT molecular complexity index is 900. The Labute approximate surface area is 141 Å². The summed E-state index contributed by atoms with van der Waals surface area (Å²) in [5.41, 5.74) is 1.49. The van der Waals surface area contributed by atoms with Gasteiger partial charge >= 0.3 is 5.82 Å². The number of aromatic nitrogens is 2. The summed E-state index contributed by atoms with van der Waals surface area (Å²) in [4.78, 5) is 29.2. The molecule has 0 radical (unpaired) electrons. The number of hydrogen-bond donors (Lipinski definition) is 1. The first-order valence-corrected chi connectivity index (χ1v) is 8.01. The summed E-state index contributed by atoms with van der Waals surface area (Å²) in [6, 6.07) is 7.10. The van der Waals surface area contributed by atoms with E-state index in [0.717, 1.165) is 5.56 Å². The number of nitrogens with one attached hydrogen (secondary N) is 1. The monoisotopic (exact) mass is 345 g/mol. The molecule has 3 aromatic rings. The predicted octanol–water partition coefficient (Wildman–Crippen LogP) is 2.30. The molecule has 2 heterocycles. The number of nitro groups is 1. The Morgan fingerprint density at radius 1 is 1.42 bits per heavy atom. The number of thiazole rings is 1. The number of nitrogens with zero attached hydrogens (tertiary/aromatic N) is 4. The molecule has 3 rings (SSSR count). The maximum absolute atomic E-state index is 11.5. The number of carbonyl (C=O) groups is 1. The Kier molecular flexibility index (Phi) is 4.17. The molecule has 0 fully saturated rings. The summed E-state index contributed by atoms with van der Waals surface area (Å²) in [5, 5.41) is 15.7. The lowest BCUT2D eigenvalue weighted by molar-refractivity contribution is -0.389. The van der Waals surface area contributed by atoms with Gasteiger partial charge in [0.2, 0.25) is 5.82 Å². The van der Waals surface area contributed by atoms with Crippen LogP contribution in [0, 0.1) is 10.1 Å². The zero-order chi connectivity index (χ0) is 17.3. The van der Waals surface area contributed by atoms with Gasteiger partial charge in [-0.25, -0.2) is 0 Å². The lowest BCUT2D eigenvalue weighted by Crippen LogP contribution is -2.19. The molecule has 124 valence electrons. The molecule has 0 saturated heterocycles. The Hall–Kier alpha value is -2.94. The number of amides is 1. The normalized spacial score (nSPS) is 10.8. The van der Waals surface area contributed by atoms with Gasteiger partial charge in [0.15, 0.2) is 0 Å². The van der Waals surface area contributed by atoms with Crippen molar-refractivity contribution in [2.45, 2.75) is 6.54 Å². The predicted molar refractivity (Wildman–Crippen MR) is 91.7 cm³/mol. The van der Waals surface area contributed by atoms with Crippen LogP contribution in [0.15, 0.2) is 35.8 Å². The zero-order valence-electron chi connectivity index (χ0n) is 13.1. The molecule has 1 N–H and O–H groups in total. The summed E-state index contributed by atoms with van der Waals surface area (Å²) < 4.78 is 1.48. The van der Waals surface area contributed by atoms with E-state index in [0.29, 0.717) is 22.9 Å². The summed E-state index contributed by atoms with van der Waals surface area (Å²) in [6.45, 7) is 0.444. The summed E-state index contributed by atoms with van der Waals surface area (Å²) in [5.74, 6) is 0.123. The molecule has 1 amide bonds. The van der Waals surface area contributed by atoms with E-state index in [1.54, 1.807) is 42.7 Å². The fourth-order valence-electron chi connectivity index (χ4n) is 2.44. The minimum Gasteiger partial charge on any atom is -0.358 e. The van der Waals surface area contributed by atoms with E-state index >= 15 is 0 Å². The van der Waals surface area contributed by atoms with E-state index in [9.17, 15) is 14.9 Å². The molecule has 0 saturated carbocycles. The van der Waals surface area contributed by atoms with Crippen LogP contribution < -0.4 is 10.2 Å². The number of carbonyl (C=O) groups excluding carboxylic acids is 1. The van der Waals surface area contributed by atoms with Gasteiger partial charge in [-0.2, -0.15) is 9.38 Å². The third-order valence-electron chi connectivity index (χ3n) is 3.62. The highest BCUT2D eigenvalue weighted by molar-refractivity contribution is 7.15. The highest BCUT2D eigenvalue weighted by Crippen LogP contribution is 2.31. The van der Waals surface area contributed by atoms with Crippen LogP contribution in [0.5, 0.6) is 0 Å². The molecule has 0 bridgehead atoms. The Morgan fingerprint density at radius 2 is 2.12 bits per heavy atom. The first kappa shape index (κ1) is 15.9. The van der Waals surface area contributed by atoms with Crippen LogP contribution in [0.2, 0.25) is 0 Å². The number of fused-ring (bicyclic) bond motifs is 1. The molecule has 0 atom stereocenters. The fourth-order valence-corrected chi connectivity index (χ4v) is 3.15. The quantitative estimate of drug-likeness (QED) is 0.566. The van der Waals surface area contributed by atoms with Crippen molar-refractivity contribution >= 4 is 33.8 Å². The van der Waals surface area contributed by atoms with Crippen molar-refractivity contribution in [3.63, 3.8) is 0 Å². The molecule has 0 aliphatic heterocycles. The molecule has 2 aromatic heterocycles. The molecule has 0 spiro atoms.